The van der Waals surface area contributed by atoms with Gasteiger partial charge in [-0.25, -0.2) is 27.2 Å². The number of hydrogen-bond donors (Lipinski definition) is 4. The molecule has 0 bridgehead atoms. The fraction of sp³-hybridized carbons (Fsp3) is 1.00. The Labute approximate surface area is 118 Å². The number of phosphoric ester groups is 2. The third-order valence-electron chi connectivity index (χ3n) is 2.17. The lowest BCUT2D eigenvalue weighted by Crippen LogP contribution is -2.54. The molecule has 0 aromatic carbocycles. The maximum atomic E-state index is 11.6. The monoisotopic (exact) mass is 352 g/mol. The molecule has 2 saturated heterocycles. The summed E-state index contributed by atoms with van der Waals surface area (Å²) in [4.78, 5) is 0. The molecule has 0 aromatic rings. The van der Waals surface area contributed by atoms with Gasteiger partial charge in [0.15, 0.2) is 0 Å². The highest BCUT2D eigenvalue weighted by atomic mass is 31.2. The first-order valence-electron chi connectivity index (χ1n) is 5.64. The molecule has 14 heteroatoms. The molecule has 0 saturated carbocycles. The van der Waals surface area contributed by atoms with Crippen LogP contribution < -0.4 is 0 Å². The van der Waals surface area contributed by atoms with E-state index in [1.165, 1.54) is 0 Å². The van der Waals surface area contributed by atoms with Gasteiger partial charge in [-0.3, -0.25) is 9.05 Å². The smallest absolute Gasteiger partial charge is 0.394 e. The van der Waals surface area contributed by atoms with Crippen molar-refractivity contribution < 1.29 is 56.7 Å². The van der Waals surface area contributed by atoms with Gasteiger partial charge < -0.3 is 20.4 Å². The van der Waals surface area contributed by atoms with Crippen LogP contribution in [0.1, 0.15) is 0 Å². The standard InChI is InChI=1S/C7H14O12P2/c8-1-5(10)3-14-20(12)16-7(17-20)18-21(13,19-7)15-4-6(11)2-9/h5-6,8-11H,1-4H2. The van der Waals surface area contributed by atoms with Gasteiger partial charge in [0.25, 0.3) is 0 Å². The first-order valence-corrected chi connectivity index (χ1v) is 8.56. The maximum absolute atomic E-state index is 11.6. The van der Waals surface area contributed by atoms with Gasteiger partial charge in [0, 0.05) is 0 Å². The molecule has 1 spiro atoms. The molecule has 4 N–H and O–H groups in total. The van der Waals surface area contributed by atoms with E-state index in [-0.39, 0.29) is 0 Å². The van der Waals surface area contributed by atoms with Crippen LogP contribution in [-0.2, 0) is 36.3 Å². The molecule has 2 aliphatic rings. The van der Waals surface area contributed by atoms with Gasteiger partial charge in [-0.15, -0.1) is 0 Å². The Bertz CT molecular complexity index is 401. The lowest BCUT2D eigenvalue weighted by atomic mass is 10.4. The van der Waals surface area contributed by atoms with Crippen molar-refractivity contribution in [2.75, 3.05) is 26.4 Å². The van der Waals surface area contributed by atoms with Crippen LogP contribution in [-0.4, -0.2) is 65.2 Å². The molecule has 2 fully saturated rings. The highest BCUT2D eigenvalue weighted by Crippen LogP contribution is 2.78. The van der Waals surface area contributed by atoms with E-state index in [9.17, 15) is 9.13 Å². The van der Waals surface area contributed by atoms with E-state index in [4.69, 9.17) is 20.4 Å². The second-order valence-corrected chi connectivity index (χ2v) is 7.06. The third kappa shape index (κ3) is 4.08. The predicted molar refractivity (Wildman–Crippen MR) is 60.4 cm³/mol. The number of hydrogen-bond acceptors (Lipinski definition) is 12. The Morgan fingerprint density at radius 1 is 0.857 bits per heavy atom. The van der Waals surface area contributed by atoms with E-state index in [0.29, 0.717) is 0 Å². The van der Waals surface area contributed by atoms with Gasteiger partial charge >= 0.3 is 21.8 Å². The zero-order valence-corrected chi connectivity index (χ0v) is 12.2. The van der Waals surface area contributed by atoms with E-state index in [1.54, 1.807) is 0 Å². The van der Waals surface area contributed by atoms with Crippen molar-refractivity contribution in [2.45, 2.75) is 18.4 Å². The molecule has 0 amide bonds. The predicted octanol–water partition coefficient (Wildman–Crippen LogP) is -1.35. The summed E-state index contributed by atoms with van der Waals surface area (Å²) < 4.78 is 50.7. The second-order valence-electron chi connectivity index (χ2n) is 4.02. The summed E-state index contributed by atoms with van der Waals surface area (Å²) in [7, 11) is -8.07. The molecule has 2 atom stereocenters. The normalized spacial score (nSPS) is 41.3. The van der Waals surface area contributed by atoms with Crippen molar-refractivity contribution in [1.82, 2.24) is 0 Å². The number of phosphoric acid groups is 2. The van der Waals surface area contributed by atoms with Crippen LogP contribution in [0.15, 0.2) is 0 Å². The summed E-state index contributed by atoms with van der Waals surface area (Å²) in [6.45, 7) is -2.29. The molecular formula is C7H14O12P2. The zero-order chi connectivity index (χ0) is 15.7. The SMILES string of the molecule is O=P1(OCC(O)CO)OC2(O1)OP(=O)(OCC(O)CO)O2. The Kier molecular flexibility index (Phi) is 5.21. The molecule has 2 unspecified atom stereocenters. The van der Waals surface area contributed by atoms with E-state index in [1.807, 2.05) is 0 Å². The van der Waals surface area contributed by atoms with Crippen molar-refractivity contribution in [3.8, 4) is 0 Å². The molecule has 124 valence electrons. The van der Waals surface area contributed by atoms with Crippen LogP contribution in [0.25, 0.3) is 0 Å². The number of rotatable bonds is 8. The first kappa shape index (κ1) is 17.4. The molecule has 2 rings (SSSR count). The molecule has 12 nitrogen and oxygen atoms in total. The maximum Gasteiger partial charge on any atom is 0.487 e. The fourth-order valence-corrected chi connectivity index (χ4v) is 3.77. The van der Waals surface area contributed by atoms with E-state index in [2.05, 4.69) is 27.1 Å². The average molecular weight is 352 g/mol. The lowest BCUT2D eigenvalue weighted by molar-refractivity contribution is -0.482. The van der Waals surface area contributed by atoms with Gasteiger partial charge in [-0.05, 0) is 0 Å². The largest absolute Gasteiger partial charge is 0.487 e. The Morgan fingerprint density at radius 2 is 1.19 bits per heavy atom. The van der Waals surface area contributed by atoms with E-state index < -0.39 is 60.4 Å². The minimum Gasteiger partial charge on any atom is -0.394 e. The zero-order valence-electron chi connectivity index (χ0n) is 10.4. The Balaban J connectivity index is 1.73. The lowest BCUT2D eigenvalue weighted by Gasteiger charge is -2.49. The minimum atomic E-state index is -4.03. The summed E-state index contributed by atoms with van der Waals surface area (Å²) in [5, 5.41) is 35.1. The molecule has 0 radical (unpaired) electrons. The van der Waals surface area contributed by atoms with Crippen LogP contribution in [0.2, 0.25) is 0 Å². The van der Waals surface area contributed by atoms with Crippen LogP contribution >= 0.6 is 15.6 Å². The molecule has 0 aliphatic carbocycles. The highest BCUT2D eigenvalue weighted by Gasteiger charge is 2.74. The highest BCUT2D eigenvalue weighted by molar-refractivity contribution is 7.52. The number of aliphatic hydroxyl groups excluding tert-OH is 4. The van der Waals surface area contributed by atoms with Crippen LogP contribution in [0.4, 0.5) is 0 Å². The summed E-state index contributed by atoms with van der Waals surface area (Å²) >= 11 is 0. The third-order valence-corrected chi connectivity index (χ3v) is 4.89. The molecule has 2 aliphatic heterocycles. The summed E-state index contributed by atoms with van der Waals surface area (Å²) in [5.41, 5.74) is 0. The van der Waals surface area contributed by atoms with Crippen LogP contribution in [0.3, 0.4) is 0 Å². The topological polar surface area (TPSA) is 170 Å². The molecule has 21 heavy (non-hydrogen) atoms. The summed E-state index contributed by atoms with van der Waals surface area (Å²) in [6.07, 6.45) is -4.84. The van der Waals surface area contributed by atoms with Crippen molar-refractivity contribution in [3.63, 3.8) is 0 Å². The van der Waals surface area contributed by atoms with Gasteiger partial charge in [-0.1, -0.05) is 0 Å². The summed E-state index contributed by atoms with van der Waals surface area (Å²) in [5.74, 6) is 0. The van der Waals surface area contributed by atoms with Crippen molar-refractivity contribution >= 4 is 15.6 Å². The summed E-state index contributed by atoms with van der Waals surface area (Å²) in [6, 6.07) is 0. The first-order chi connectivity index (χ1) is 9.74. The molecular weight excluding hydrogens is 338 g/mol. The van der Waals surface area contributed by atoms with Crippen molar-refractivity contribution in [1.29, 1.82) is 0 Å². The molecule has 0 aromatic heterocycles. The van der Waals surface area contributed by atoms with Gasteiger partial charge in [0.2, 0.25) is 0 Å². The van der Waals surface area contributed by atoms with E-state index >= 15 is 0 Å². The van der Waals surface area contributed by atoms with Gasteiger partial charge in [-0.2, -0.15) is 0 Å². The van der Waals surface area contributed by atoms with Crippen LogP contribution in [0.5, 0.6) is 0 Å². The quantitative estimate of drug-likeness (QED) is 0.379. The molecule has 2 heterocycles. The average Bonchev–Trinajstić information content (AvgIpc) is 2.38. The van der Waals surface area contributed by atoms with Crippen LogP contribution in [0, 0.1) is 0 Å². The Morgan fingerprint density at radius 3 is 1.48 bits per heavy atom. The van der Waals surface area contributed by atoms with Gasteiger partial charge in [0.1, 0.15) is 12.2 Å². The fourth-order valence-electron chi connectivity index (χ4n) is 1.19. The van der Waals surface area contributed by atoms with E-state index in [0.717, 1.165) is 0 Å². The van der Waals surface area contributed by atoms with Gasteiger partial charge in [0.05, 0.1) is 26.4 Å². The number of aliphatic hydroxyl groups is 4. The Hall–Kier alpha value is 0.0600. The van der Waals surface area contributed by atoms with Crippen molar-refractivity contribution in [2.24, 2.45) is 0 Å². The van der Waals surface area contributed by atoms with Crippen molar-refractivity contribution in [3.05, 3.63) is 0 Å². The minimum absolute atomic E-state index is 0.527. The second kappa shape index (κ2) is 6.28.